The first-order valence-electron chi connectivity index (χ1n) is 4.11. The Labute approximate surface area is 99.9 Å². The quantitative estimate of drug-likeness (QED) is 0.612. The van der Waals surface area contributed by atoms with Crippen molar-refractivity contribution >= 4 is 23.2 Å². The Hall–Kier alpha value is -0.650. The van der Waals surface area contributed by atoms with Crippen molar-refractivity contribution in [2.45, 2.75) is 6.18 Å². The van der Waals surface area contributed by atoms with Crippen molar-refractivity contribution in [3.63, 3.8) is 0 Å². The summed E-state index contributed by atoms with van der Waals surface area (Å²) < 4.78 is 44.2. The molecule has 0 radical (unpaired) electrons. The highest BCUT2D eigenvalue weighted by molar-refractivity contribution is 6.34. The Bertz CT molecular complexity index is 355. The van der Waals surface area contributed by atoms with Gasteiger partial charge in [0.15, 0.2) is 6.79 Å². The summed E-state index contributed by atoms with van der Waals surface area (Å²) in [7, 11) is 0. The molecule has 16 heavy (non-hydrogen) atoms. The van der Waals surface area contributed by atoms with Crippen LogP contribution < -0.4 is 4.74 Å². The van der Waals surface area contributed by atoms with Crippen molar-refractivity contribution in [1.29, 1.82) is 0 Å². The molecule has 0 N–H and O–H groups in total. The summed E-state index contributed by atoms with van der Waals surface area (Å²) in [6.45, 7) is -1.91. The van der Waals surface area contributed by atoms with Crippen LogP contribution in [-0.4, -0.2) is 19.6 Å². The van der Waals surface area contributed by atoms with Crippen LogP contribution in [0.2, 0.25) is 10.0 Å². The zero-order valence-corrected chi connectivity index (χ0v) is 9.36. The summed E-state index contributed by atoms with van der Waals surface area (Å²) in [6, 6.07) is 4.40. The van der Waals surface area contributed by atoms with Crippen LogP contribution in [0.15, 0.2) is 18.2 Å². The number of rotatable bonds is 4. The minimum absolute atomic E-state index is 0.177. The molecule has 0 atom stereocenters. The molecule has 0 saturated carbocycles. The number of hydrogen-bond donors (Lipinski definition) is 0. The number of alkyl halides is 3. The van der Waals surface area contributed by atoms with Crippen LogP contribution in [0.4, 0.5) is 13.2 Å². The molecule has 0 unspecified atom stereocenters. The van der Waals surface area contributed by atoms with Gasteiger partial charge in [-0.25, -0.2) is 0 Å². The number of benzene rings is 1. The molecule has 0 aliphatic rings. The second kappa shape index (κ2) is 5.61. The molecule has 0 saturated heterocycles. The number of halogens is 5. The molecule has 7 heteroatoms. The van der Waals surface area contributed by atoms with Gasteiger partial charge < -0.3 is 9.47 Å². The van der Waals surface area contributed by atoms with E-state index >= 15 is 0 Å². The standard InChI is InChI=1S/C9H7Cl2F3O2/c10-6-1-2-7(11)8(3-6)16-5-15-4-9(12,13)14/h1-3H,4-5H2. The predicted octanol–water partition coefficient (Wildman–Crippen LogP) is 3.91. The minimum Gasteiger partial charge on any atom is -0.466 e. The first kappa shape index (κ1) is 13.4. The summed E-state index contributed by atoms with van der Waals surface area (Å²) in [6.07, 6.45) is -4.37. The highest BCUT2D eigenvalue weighted by Gasteiger charge is 2.27. The van der Waals surface area contributed by atoms with E-state index in [2.05, 4.69) is 4.74 Å². The van der Waals surface area contributed by atoms with E-state index in [9.17, 15) is 13.2 Å². The lowest BCUT2D eigenvalue weighted by atomic mass is 10.3. The van der Waals surface area contributed by atoms with Gasteiger partial charge in [-0.2, -0.15) is 13.2 Å². The monoisotopic (exact) mass is 274 g/mol. The Morgan fingerprint density at radius 1 is 1.19 bits per heavy atom. The minimum atomic E-state index is -4.37. The highest BCUT2D eigenvalue weighted by Crippen LogP contribution is 2.27. The van der Waals surface area contributed by atoms with Crippen LogP contribution >= 0.6 is 23.2 Å². The first-order chi connectivity index (χ1) is 7.38. The third-order valence-corrected chi connectivity index (χ3v) is 2.00. The number of hydrogen-bond acceptors (Lipinski definition) is 2. The van der Waals surface area contributed by atoms with E-state index in [1.165, 1.54) is 18.2 Å². The largest absolute Gasteiger partial charge is 0.466 e. The molecule has 1 rings (SSSR count). The van der Waals surface area contributed by atoms with Gasteiger partial charge in [0.2, 0.25) is 0 Å². The van der Waals surface area contributed by atoms with Gasteiger partial charge in [-0.1, -0.05) is 23.2 Å². The van der Waals surface area contributed by atoms with E-state index in [0.29, 0.717) is 5.02 Å². The maximum Gasteiger partial charge on any atom is 0.411 e. The summed E-state index contributed by atoms with van der Waals surface area (Å²) in [5.41, 5.74) is 0. The van der Waals surface area contributed by atoms with Crippen molar-refractivity contribution in [1.82, 2.24) is 0 Å². The van der Waals surface area contributed by atoms with Gasteiger partial charge in [-0.05, 0) is 12.1 Å². The lowest BCUT2D eigenvalue weighted by molar-refractivity contribution is -0.186. The van der Waals surface area contributed by atoms with E-state index < -0.39 is 19.6 Å². The van der Waals surface area contributed by atoms with Crippen molar-refractivity contribution < 1.29 is 22.6 Å². The van der Waals surface area contributed by atoms with E-state index in [1.54, 1.807) is 0 Å². The van der Waals surface area contributed by atoms with Crippen LogP contribution in [0.25, 0.3) is 0 Å². The van der Waals surface area contributed by atoms with Crippen molar-refractivity contribution in [2.24, 2.45) is 0 Å². The second-order valence-electron chi connectivity index (χ2n) is 2.80. The van der Waals surface area contributed by atoms with Crippen LogP contribution in [-0.2, 0) is 4.74 Å². The molecule has 0 bridgehead atoms. The van der Waals surface area contributed by atoms with Gasteiger partial charge in [-0.15, -0.1) is 0 Å². The molecule has 0 spiro atoms. The molecule has 0 heterocycles. The molecular weight excluding hydrogens is 268 g/mol. The van der Waals surface area contributed by atoms with E-state index in [0.717, 1.165) is 0 Å². The molecule has 90 valence electrons. The third kappa shape index (κ3) is 4.92. The first-order valence-corrected chi connectivity index (χ1v) is 4.86. The summed E-state index contributed by atoms with van der Waals surface area (Å²) in [5, 5.41) is 0.621. The lowest BCUT2D eigenvalue weighted by Gasteiger charge is -2.10. The lowest BCUT2D eigenvalue weighted by Crippen LogP contribution is -2.19. The van der Waals surface area contributed by atoms with Gasteiger partial charge in [0.25, 0.3) is 0 Å². The van der Waals surface area contributed by atoms with Gasteiger partial charge in [-0.3, -0.25) is 0 Å². The molecule has 0 fully saturated rings. The smallest absolute Gasteiger partial charge is 0.411 e. The SMILES string of the molecule is FC(F)(F)COCOc1cc(Cl)ccc1Cl. The summed E-state index contributed by atoms with van der Waals surface area (Å²) >= 11 is 11.3. The average Bonchev–Trinajstić information content (AvgIpc) is 2.16. The van der Waals surface area contributed by atoms with Crippen LogP contribution in [0.5, 0.6) is 5.75 Å². The molecule has 2 nitrogen and oxygen atoms in total. The van der Waals surface area contributed by atoms with Crippen LogP contribution in [0.3, 0.4) is 0 Å². The Kier molecular flexibility index (Phi) is 4.70. The number of ether oxygens (including phenoxy) is 2. The molecule has 1 aromatic rings. The molecule has 1 aromatic carbocycles. The highest BCUT2D eigenvalue weighted by atomic mass is 35.5. The van der Waals surface area contributed by atoms with E-state index in [-0.39, 0.29) is 10.8 Å². The third-order valence-electron chi connectivity index (χ3n) is 1.46. The second-order valence-corrected chi connectivity index (χ2v) is 3.64. The zero-order chi connectivity index (χ0) is 12.2. The van der Waals surface area contributed by atoms with E-state index in [1.807, 2.05) is 0 Å². The van der Waals surface area contributed by atoms with Crippen molar-refractivity contribution in [2.75, 3.05) is 13.4 Å². The normalized spacial score (nSPS) is 11.6. The maximum absolute atomic E-state index is 11.7. The van der Waals surface area contributed by atoms with Gasteiger partial charge in [0.05, 0.1) is 5.02 Å². The van der Waals surface area contributed by atoms with Crippen molar-refractivity contribution in [3.05, 3.63) is 28.2 Å². The Morgan fingerprint density at radius 3 is 2.50 bits per heavy atom. The molecule has 0 aliphatic carbocycles. The van der Waals surface area contributed by atoms with E-state index in [4.69, 9.17) is 27.9 Å². The Balaban J connectivity index is 2.40. The fourth-order valence-electron chi connectivity index (χ4n) is 0.850. The zero-order valence-electron chi connectivity index (χ0n) is 7.85. The Morgan fingerprint density at radius 2 is 1.88 bits per heavy atom. The average molecular weight is 275 g/mol. The summed E-state index contributed by atoms with van der Waals surface area (Å²) in [4.78, 5) is 0. The fourth-order valence-corrected chi connectivity index (χ4v) is 1.18. The van der Waals surface area contributed by atoms with Gasteiger partial charge in [0, 0.05) is 11.1 Å². The van der Waals surface area contributed by atoms with Crippen molar-refractivity contribution in [3.8, 4) is 5.75 Å². The topological polar surface area (TPSA) is 18.5 Å². The molecule has 0 aliphatic heterocycles. The van der Waals surface area contributed by atoms with Gasteiger partial charge >= 0.3 is 6.18 Å². The van der Waals surface area contributed by atoms with Gasteiger partial charge in [0.1, 0.15) is 12.4 Å². The summed E-state index contributed by atoms with van der Waals surface area (Å²) in [5.74, 6) is 0.177. The molecule has 0 aromatic heterocycles. The maximum atomic E-state index is 11.7. The predicted molar refractivity (Wildman–Crippen MR) is 54.0 cm³/mol. The van der Waals surface area contributed by atoms with Crippen LogP contribution in [0, 0.1) is 0 Å². The fraction of sp³-hybridized carbons (Fsp3) is 0.333. The molecule has 0 amide bonds. The van der Waals surface area contributed by atoms with Crippen LogP contribution in [0.1, 0.15) is 0 Å². The molecular formula is C9H7Cl2F3O2.